The Morgan fingerprint density at radius 3 is 2.94 bits per heavy atom. The fourth-order valence-electron chi connectivity index (χ4n) is 2.70. The Labute approximate surface area is 116 Å². The molecular weight excluding hydrogens is 297 g/mol. The fraction of sp³-hybridized carbons (Fsp3) is 0.571. The van der Waals surface area contributed by atoms with Gasteiger partial charge in [-0.15, -0.1) is 0 Å². The zero-order valence-electron chi connectivity index (χ0n) is 10.6. The van der Waals surface area contributed by atoms with Crippen molar-refractivity contribution >= 4 is 15.9 Å². The first-order valence-corrected chi connectivity index (χ1v) is 7.11. The molecule has 4 heteroatoms. The second-order valence-corrected chi connectivity index (χ2v) is 5.95. The van der Waals surface area contributed by atoms with Crippen molar-refractivity contribution in [2.75, 3.05) is 26.8 Å². The van der Waals surface area contributed by atoms with E-state index in [2.05, 4.69) is 21.2 Å². The molecular formula is C14H19BrFNO. The Bertz CT molecular complexity index is 399. The summed E-state index contributed by atoms with van der Waals surface area (Å²) in [6, 6.07) is 4.92. The third-order valence-corrected chi connectivity index (χ3v) is 4.27. The second-order valence-electron chi connectivity index (χ2n) is 5.10. The smallest absolute Gasteiger partial charge is 0.124 e. The lowest BCUT2D eigenvalue weighted by molar-refractivity contribution is -0.00632. The number of hydrogen-bond acceptors (Lipinski definition) is 2. The summed E-state index contributed by atoms with van der Waals surface area (Å²) in [7, 11) is 1.97. The number of ether oxygens (including phenoxy) is 1. The topological polar surface area (TPSA) is 21.3 Å². The van der Waals surface area contributed by atoms with Gasteiger partial charge in [-0.05, 0) is 44.0 Å². The third kappa shape index (κ3) is 3.31. The molecule has 1 aromatic rings. The molecule has 0 bridgehead atoms. The molecule has 1 aromatic carbocycles. The van der Waals surface area contributed by atoms with Gasteiger partial charge in [0.15, 0.2) is 0 Å². The Hall–Kier alpha value is -0.450. The minimum atomic E-state index is -0.201. The first-order chi connectivity index (χ1) is 8.65. The zero-order valence-corrected chi connectivity index (χ0v) is 12.2. The van der Waals surface area contributed by atoms with Gasteiger partial charge < -0.3 is 10.1 Å². The van der Waals surface area contributed by atoms with Crippen LogP contribution in [-0.2, 0) is 11.2 Å². The molecule has 1 atom stereocenters. The van der Waals surface area contributed by atoms with Crippen molar-refractivity contribution in [1.29, 1.82) is 0 Å². The predicted octanol–water partition coefficient (Wildman–Crippen LogP) is 3.15. The maximum Gasteiger partial charge on any atom is 0.124 e. The van der Waals surface area contributed by atoms with E-state index in [1.165, 1.54) is 12.1 Å². The molecule has 1 fully saturated rings. The first-order valence-electron chi connectivity index (χ1n) is 6.31. The molecule has 2 rings (SSSR count). The third-order valence-electron chi connectivity index (χ3n) is 3.54. The lowest BCUT2D eigenvalue weighted by Crippen LogP contribution is -2.41. The van der Waals surface area contributed by atoms with E-state index in [-0.39, 0.29) is 11.2 Å². The van der Waals surface area contributed by atoms with Crippen LogP contribution >= 0.6 is 15.9 Å². The molecule has 18 heavy (non-hydrogen) atoms. The summed E-state index contributed by atoms with van der Waals surface area (Å²) in [6.07, 6.45) is 3.16. The Morgan fingerprint density at radius 1 is 1.50 bits per heavy atom. The maximum absolute atomic E-state index is 13.1. The van der Waals surface area contributed by atoms with Gasteiger partial charge in [-0.1, -0.05) is 22.0 Å². The Morgan fingerprint density at radius 2 is 2.33 bits per heavy atom. The average molecular weight is 316 g/mol. The van der Waals surface area contributed by atoms with Gasteiger partial charge in [-0.3, -0.25) is 0 Å². The summed E-state index contributed by atoms with van der Waals surface area (Å²) in [4.78, 5) is 0. The van der Waals surface area contributed by atoms with Crippen LogP contribution in [0.25, 0.3) is 0 Å². The van der Waals surface area contributed by atoms with E-state index in [4.69, 9.17) is 4.74 Å². The van der Waals surface area contributed by atoms with E-state index in [0.29, 0.717) is 0 Å². The zero-order chi connectivity index (χ0) is 13.0. The summed E-state index contributed by atoms with van der Waals surface area (Å²) in [5, 5.41) is 3.26. The van der Waals surface area contributed by atoms with Crippen molar-refractivity contribution in [1.82, 2.24) is 5.32 Å². The van der Waals surface area contributed by atoms with Gasteiger partial charge in [0.05, 0.1) is 6.61 Å². The highest BCUT2D eigenvalue weighted by atomic mass is 79.9. The summed E-state index contributed by atoms with van der Waals surface area (Å²) >= 11 is 3.45. The summed E-state index contributed by atoms with van der Waals surface area (Å²) in [6.45, 7) is 2.56. The van der Waals surface area contributed by atoms with Gasteiger partial charge in [0.2, 0.25) is 0 Å². The summed E-state index contributed by atoms with van der Waals surface area (Å²) in [5.74, 6) is -0.201. The largest absolute Gasteiger partial charge is 0.381 e. The van der Waals surface area contributed by atoms with Gasteiger partial charge in [0.1, 0.15) is 5.82 Å². The molecule has 0 aliphatic carbocycles. The number of hydrogen-bond donors (Lipinski definition) is 1. The van der Waals surface area contributed by atoms with Gasteiger partial charge in [-0.2, -0.15) is 0 Å². The van der Waals surface area contributed by atoms with Gasteiger partial charge >= 0.3 is 0 Å². The highest BCUT2D eigenvalue weighted by molar-refractivity contribution is 9.10. The molecule has 1 N–H and O–H groups in total. The number of nitrogens with one attached hydrogen (secondary N) is 1. The van der Waals surface area contributed by atoms with Crippen molar-refractivity contribution < 1.29 is 9.13 Å². The normalized spacial score (nSPS) is 24.2. The van der Waals surface area contributed by atoms with E-state index in [1.807, 2.05) is 13.1 Å². The highest BCUT2D eigenvalue weighted by Gasteiger charge is 2.33. The molecule has 0 radical (unpaired) electrons. The van der Waals surface area contributed by atoms with Crippen LogP contribution in [-0.4, -0.2) is 26.8 Å². The van der Waals surface area contributed by atoms with Crippen molar-refractivity contribution in [2.45, 2.75) is 19.3 Å². The standard InChI is InChI=1S/C14H19BrFNO/c1-17-9-14(5-2-6-18-10-14)8-11-3-4-12(16)7-13(11)15/h3-4,7,17H,2,5-6,8-10H2,1H3. The predicted molar refractivity (Wildman–Crippen MR) is 74.2 cm³/mol. The molecule has 1 aliphatic heterocycles. The van der Waals surface area contributed by atoms with Gasteiger partial charge in [0, 0.05) is 23.0 Å². The van der Waals surface area contributed by atoms with Crippen LogP contribution in [0.2, 0.25) is 0 Å². The lowest BCUT2D eigenvalue weighted by atomic mass is 9.77. The number of halogens is 2. The monoisotopic (exact) mass is 315 g/mol. The Balaban J connectivity index is 2.17. The van der Waals surface area contributed by atoms with E-state index in [9.17, 15) is 4.39 Å². The van der Waals surface area contributed by atoms with Crippen LogP contribution in [0, 0.1) is 11.2 Å². The van der Waals surface area contributed by atoms with Gasteiger partial charge in [0.25, 0.3) is 0 Å². The van der Waals surface area contributed by atoms with Crippen molar-refractivity contribution in [3.63, 3.8) is 0 Å². The molecule has 1 saturated heterocycles. The molecule has 0 amide bonds. The Kier molecular flexibility index (Phi) is 4.76. The summed E-state index contributed by atoms with van der Waals surface area (Å²) < 4.78 is 19.6. The SMILES string of the molecule is CNCC1(Cc2ccc(F)cc2Br)CCCOC1. The number of benzene rings is 1. The minimum absolute atomic E-state index is 0.132. The average Bonchev–Trinajstić information content (AvgIpc) is 2.34. The lowest BCUT2D eigenvalue weighted by Gasteiger charge is -2.37. The van der Waals surface area contributed by atoms with E-state index < -0.39 is 0 Å². The summed E-state index contributed by atoms with van der Waals surface area (Å²) in [5.41, 5.74) is 1.28. The molecule has 100 valence electrons. The first kappa shape index (κ1) is 14.0. The van der Waals surface area contributed by atoms with Crippen LogP contribution in [0.15, 0.2) is 22.7 Å². The molecule has 1 unspecified atom stereocenters. The second kappa shape index (κ2) is 6.13. The van der Waals surface area contributed by atoms with E-state index in [0.717, 1.165) is 49.1 Å². The van der Waals surface area contributed by atoms with Crippen molar-refractivity contribution in [3.8, 4) is 0 Å². The quantitative estimate of drug-likeness (QED) is 0.921. The minimum Gasteiger partial charge on any atom is -0.381 e. The fourth-order valence-corrected chi connectivity index (χ4v) is 3.19. The number of rotatable bonds is 4. The molecule has 2 nitrogen and oxygen atoms in total. The van der Waals surface area contributed by atoms with E-state index in [1.54, 1.807) is 0 Å². The van der Waals surface area contributed by atoms with Crippen LogP contribution in [0.3, 0.4) is 0 Å². The van der Waals surface area contributed by atoms with Crippen LogP contribution in [0.5, 0.6) is 0 Å². The molecule has 1 heterocycles. The van der Waals surface area contributed by atoms with Crippen LogP contribution in [0.1, 0.15) is 18.4 Å². The van der Waals surface area contributed by atoms with Crippen LogP contribution in [0.4, 0.5) is 4.39 Å². The molecule has 0 spiro atoms. The van der Waals surface area contributed by atoms with Crippen LogP contribution < -0.4 is 5.32 Å². The van der Waals surface area contributed by atoms with Crippen molar-refractivity contribution in [2.24, 2.45) is 5.41 Å². The molecule has 0 saturated carbocycles. The highest BCUT2D eigenvalue weighted by Crippen LogP contribution is 2.34. The maximum atomic E-state index is 13.1. The molecule has 0 aromatic heterocycles. The van der Waals surface area contributed by atoms with Crippen molar-refractivity contribution in [3.05, 3.63) is 34.1 Å². The van der Waals surface area contributed by atoms with Gasteiger partial charge in [-0.25, -0.2) is 4.39 Å². The van der Waals surface area contributed by atoms with E-state index >= 15 is 0 Å². The molecule has 1 aliphatic rings.